The molecule has 0 saturated carbocycles. The highest BCUT2D eigenvalue weighted by Crippen LogP contribution is 2.38. The van der Waals surface area contributed by atoms with Crippen molar-refractivity contribution in [3.8, 4) is 17.6 Å². The lowest BCUT2D eigenvalue weighted by molar-refractivity contribution is -0.139. The largest absolute Gasteiger partial charge is 0.489 e. The van der Waals surface area contributed by atoms with Crippen molar-refractivity contribution in [2.24, 2.45) is 0 Å². The minimum absolute atomic E-state index is 0.424. The zero-order chi connectivity index (χ0) is 15.2. The maximum Gasteiger partial charge on any atom is 0.332 e. The Kier molecular flexibility index (Phi) is 5.07. The van der Waals surface area contributed by atoms with Gasteiger partial charge < -0.3 is 14.2 Å². The number of carbonyl (C=O) groups excluding carboxylic acids is 1. The van der Waals surface area contributed by atoms with Gasteiger partial charge in [-0.05, 0) is 30.7 Å². The molecule has 1 aliphatic heterocycles. The molecule has 110 valence electrons. The Balaban J connectivity index is 2.14. The summed E-state index contributed by atoms with van der Waals surface area (Å²) in [7, 11) is 0. The zero-order valence-electron chi connectivity index (χ0n) is 11.5. The summed E-state index contributed by atoms with van der Waals surface area (Å²) in [5.74, 6) is 0.484. The van der Waals surface area contributed by atoms with Crippen molar-refractivity contribution in [2.75, 3.05) is 13.2 Å². The first-order chi connectivity index (χ1) is 10.1. The van der Waals surface area contributed by atoms with Crippen molar-refractivity contribution in [2.45, 2.75) is 19.4 Å². The van der Waals surface area contributed by atoms with Gasteiger partial charge in [-0.1, -0.05) is 11.6 Å². The van der Waals surface area contributed by atoms with Crippen LogP contribution in [0, 0.1) is 11.3 Å². The van der Waals surface area contributed by atoms with Gasteiger partial charge in [-0.3, -0.25) is 0 Å². The van der Waals surface area contributed by atoms with Crippen molar-refractivity contribution in [3.05, 3.63) is 28.8 Å². The number of hydrogen-bond acceptors (Lipinski definition) is 5. The molecule has 0 aliphatic carbocycles. The molecule has 1 atom stereocenters. The Hall–Kier alpha value is -2.19. The molecule has 0 spiro atoms. The summed E-state index contributed by atoms with van der Waals surface area (Å²) in [6, 6.07) is 5.23. The second-order valence-electron chi connectivity index (χ2n) is 4.42. The number of fused-ring (bicyclic) bond motifs is 1. The molecule has 0 aromatic heterocycles. The topological polar surface area (TPSA) is 68.5 Å². The molecule has 21 heavy (non-hydrogen) atoms. The summed E-state index contributed by atoms with van der Waals surface area (Å²) < 4.78 is 15.9. The van der Waals surface area contributed by atoms with Gasteiger partial charge in [0.2, 0.25) is 0 Å². The Morgan fingerprint density at radius 3 is 3.00 bits per heavy atom. The third-order valence-electron chi connectivity index (χ3n) is 2.71. The Morgan fingerprint density at radius 1 is 1.48 bits per heavy atom. The molecule has 6 heteroatoms. The van der Waals surface area contributed by atoms with Crippen molar-refractivity contribution in [3.63, 3.8) is 0 Å². The van der Waals surface area contributed by atoms with Crippen LogP contribution in [0.4, 0.5) is 0 Å². The minimum Gasteiger partial charge on any atom is -0.489 e. The van der Waals surface area contributed by atoms with Crippen LogP contribution in [0.5, 0.6) is 11.5 Å². The molecule has 0 bridgehead atoms. The third-order valence-corrected chi connectivity index (χ3v) is 2.99. The molecule has 0 fully saturated rings. The fourth-order valence-electron chi connectivity index (χ4n) is 1.75. The van der Waals surface area contributed by atoms with Crippen LogP contribution in [0.1, 0.15) is 18.9 Å². The number of nitriles is 1. The molecule has 1 aromatic rings. The lowest BCUT2D eigenvalue weighted by atomic mass is 10.2. The van der Waals surface area contributed by atoms with E-state index in [2.05, 4.69) is 0 Å². The first-order valence-corrected chi connectivity index (χ1v) is 6.85. The van der Waals surface area contributed by atoms with E-state index < -0.39 is 12.1 Å². The molecule has 0 N–H and O–H groups in total. The highest BCUT2D eigenvalue weighted by molar-refractivity contribution is 6.32. The monoisotopic (exact) mass is 307 g/mol. The van der Waals surface area contributed by atoms with E-state index in [1.807, 2.05) is 6.07 Å². The number of halogens is 1. The first-order valence-electron chi connectivity index (χ1n) is 6.47. The summed E-state index contributed by atoms with van der Waals surface area (Å²) in [4.78, 5) is 11.5. The van der Waals surface area contributed by atoms with Crippen molar-refractivity contribution in [1.82, 2.24) is 0 Å². The molecule has 0 amide bonds. The van der Waals surface area contributed by atoms with Crippen LogP contribution in [-0.2, 0) is 9.53 Å². The summed E-state index contributed by atoms with van der Waals surface area (Å²) >= 11 is 6.14. The van der Waals surface area contributed by atoms with Crippen LogP contribution < -0.4 is 9.47 Å². The molecule has 1 unspecified atom stereocenters. The van der Waals surface area contributed by atoms with Crippen LogP contribution >= 0.6 is 11.6 Å². The van der Waals surface area contributed by atoms with E-state index in [9.17, 15) is 4.79 Å². The second kappa shape index (κ2) is 7.00. The Bertz CT molecular complexity index is 606. The quantitative estimate of drug-likeness (QED) is 0.634. The van der Waals surface area contributed by atoms with E-state index in [0.29, 0.717) is 35.3 Å². The average molecular weight is 308 g/mol. The smallest absolute Gasteiger partial charge is 0.332 e. The van der Waals surface area contributed by atoms with Crippen molar-refractivity contribution in [1.29, 1.82) is 5.26 Å². The molecule has 1 heterocycles. The summed E-state index contributed by atoms with van der Waals surface area (Å²) in [6.45, 7) is 2.61. The van der Waals surface area contributed by atoms with Crippen LogP contribution in [0.25, 0.3) is 6.08 Å². The number of nitrogens with zero attached hydrogens (tertiary/aromatic N) is 1. The van der Waals surface area contributed by atoms with Gasteiger partial charge in [-0.25, -0.2) is 4.79 Å². The molecule has 1 aliphatic rings. The number of carbonyl (C=O) groups is 1. The van der Waals surface area contributed by atoms with Crippen LogP contribution in [-0.4, -0.2) is 25.3 Å². The van der Waals surface area contributed by atoms with E-state index in [4.69, 9.17) is 31.1 Å². The van der Waals surface area contributed by atoms with Crippen LogP contribution in [0.3, 0.4) is 0 Å². The standard InChI is InChI=1S/C15H14ClNO4/c1-10(9-17)21-14(18)4-3-11-7-12(16)15-13(8-11)19-5-2-6-20-15/h3-4,7-8,10H,2,5-6H2,1H3/b4-3+. The van der Waals surface area contributed by atoms with Crippen LogP contribution in [0.2, 0.25) is 5.02 Å². The molecule has 1 aromatic carbocycles. The summed E-state index contributed by atoms with van der Waals surface area (Å²) in [5, 5.41) is 8.99. The molecule has 0 radical (unpaired) electrons. The average Bonchev–Trinajstić information content (AvgIpc) is 2.70. The van der Waals surface area contributed by atoms with Gasteiger partial charge in [0.1, 0.15) is 6.07 Å². The highest BCUT2D eigenvalue weighted by Gasteiger charge is 2.15. The Labute approximate surface area is 127 Å². The first kappa shape index (κ1) is 15.2. The zero-order valence-corrected chi connectivity index (χ0v) is 12.2. The normalized spacial score (nSPS) is 15.1. The van der Waals surface area contributed by atoms with Gasteiger partial charge in [0, 0.05) is 12.5 Å². The fraction of sp³-hybridized carbons (Fsp3) is 0.333. The predicted molar refractivity (Wildman–Crippen MR) is 77.3 cm³/mol. The number of rotatable bonds is 3. The summed E-state index contributed by atoms with van der Waals surface area (Å²) in [6.07, 6.45) is 2.79. The lowest BCUT2D eigenvalue weighted by Gasteiger charge is -2.10. The van der Waals surface area contributed by atoms with Gasteiger partial charge >= 0.3 is 5.97 Å². The second-order valence-corrected chi connectivity index (χ2v) is 4.83. The number of esters is 1. The number of ether oxygens (including phenoxy) is 3. The highest BCUT2D eigenvalue weighted by atomic mass is 35.5. The van der Waals surface area contributed by atoms with Gasteiger partial charge in [-0.15, -0.1) is 0 Å². The number of benzene rings is 1. The maximum atomic E-state index is 11.5. The van der Waals surface area contributed by atoms with E-state index in [1.54, 1.807) is 18.2 Å². The van der Waals surface area contributed by atoms with Crippen molar-refractivity contribution >= 4 is 23.6 Å². The maximum absolute atomic E-state index is 11.5. The van der Waals surface area contributed by atoms with Gasteiger partial charge in [0.15, 0.2) is 17.6 Å². The van der Waals surface area contributed by atoms with Gasteiger partial charge in [0.05, 0.1) is 18.2 Å². The fourth-order valence-corrected chi connectivity index (χ4v) is 2.02. The summed E-state index contributed by atoms with van der Waals surface area (Å²) in [5.41, 5.74) is 0.686. The molecule has 2 rings (SSSR count). The minimum atomic E-state index is -0.783. The molecular weight excluding hydrogens is 294 g/mol. The van der Waals surface area contributed by atoms with E-state index in [0.717, 1.165) is 6.42 Å². The third kappa shape index (κ3) is 4.14. The molecular formula is C15H14ClNO4. The van der Waals surface area contributed by atoms with E-state index in [1.165, 1.54) is 13.0 Å². The SMILES string of the molecule is CC(C#N)OC(=O)/C=C/c1cc(Cl)c2c(c1)OCCCO2. The van der Waals surface area contributed by atoms with Gasteiger partial charge in [0.25, 0.3) is 0 Å². The molecule has 5 nitrogen and oxygen atoms in total. The van der Waals surface area contributed by atoms with E-state index >= 15 is 0 Å². The number of hydrogen-bond donors (Lipinski definition) is 0. The Morgan fingerprint density at radius 2 is 2.24 bits per heavy atom. The lowest BCUT2D eigenvalue weighted by Crippen LogP contribution is -2.10. The van der Waals surface area contributed by atoms with Crippen molar-refractivity contribution < 1.29 is 19.0 Å². The van der Waals surface area contributed by atoms with E-state index in [-0.39, 0.29) is 0 Å². The molecule has 0 saturated heterocycles. The predicted octanol–water partition coefficient (Wildman–Crippen LogP) is 2.97. The van der Waals surface area contributed by atoms with Crippen LogP contribution in [0.15, 0.2) is 18.2 Å². The van der Waals surface area contributed by atoms with Gasteiger partial charge in [-0.2, -0.15) is 5.26 Å².